The molecule has 0 amide bonds. The molecule has 0 aliphatic rings. The smallest absolute Gasteiger partial charge is 0.138 e. The average molecular weight is 391 g/mol. The Labute approximate surface area is 173 Å². The monoisotopic (exact) mass is 391 g/mol. The number of hydrogen-bond donors (Lipinski definition) is 0. The van der Waals surface area contributed by atoms with E-state index in [-0.39, 0.29) is 0 Å². The fourth-order valence-corrected chi connectivity index (χ4v) is 3.71. The minimum absolute atomic E-state index is 0.724. The Balaban J connectivity index is 2.30. The van der Waals surface area contributed by atoms with Crippen LogP contribution in [0.15, 0.2) is 36.4 Å². The first kappa shape index (κ1) is 20.6. The van der Waals surface area contributed by atoms with Crippen molar-refractivity contribution < 1.29 is 18.9 Å². The molecule has 4 heteroatoms. The molecule has 0 spiro atoms. The van der Waals surface area contributed by atoms with Gasteiger partial charge in [0, 0.05) is 17.2 Å². The van der Waals surface area contributed by atoms with Gasteiger partial charge in [-0.1, -0.05) is 12.1 Å². The molecule has 0 N–H and O–H groups in total. The zero-order chi connectivity index (χ0) is 21.1. The lowest BCUT2D eigenvalue weighted by molar-refractivity contribution is 0.396. The lowest BCUT2D eigenvalue weighted by atomic mass is 9.92. The number of rotatable bonds is 6. The Kier molecular flexibility index (Phi) is 6.02. The molecule has 0 saturated heterocycles. The van der Waals surface area contributed by atoms with Crippen LogP contribution >= 0.6 is 0 Å². The van der Waals surface area contributed by atoms with E-state index in [0.29, 0.717) is 0 Å². The number of methoxy groups -OCH3 is 4. The summed E-state index contributed by atoms with van der Waals surface area (Å²) in [7, 11) is 6.70. The molecule has 0 aromatic heterocycles. The molecule has 0 unspecified atom stereocenters. The first-order chi connectivity index (χ1) is 13.9. The summed E-state index contributed by atoms with van der Waals surface area (Å²) in [6.45, 7) is 6.05. The molecular formula is C25H27O4. The number of hydrogen-bond acceptors (Lipinski definition) is 4. The Morgan fingerprint density at radius 1 is 0.621 bits per heavy atom. The first-order valence-electron chi connectivity index (χ1n) is 9.43. The molecular weight excluding hydrogens is 364 g/mol. The first-order valence-corrected chi connectivity index (χ1v) is 9.43. The van der Waals surface area contributed by atoms with Gasteiger partial charge < -0.3 is 18.9 Å². The summed E-state index contributed by atoms with van der Waals surface area (Å²) in [5, 5.41) is 0. The lowest BCUT2D eigenvalue weighted by Gasteiger charge is -2.20. The molecule has 0 atom stereocenters. The molecule has 4 nitrogen and oxygen atoms in total. The molecule has 151 valence electrons. The maximum Gasteiger partial charge on any atom is 0.138 e. The van der Waals surface area contributed by atoms with E-state index in [1.54, 1.807) is 28.4 Å². The molecule has 1 radical (unpaired) electrons. The predicted molar refractivity (Wildman–Crippen MR) is 117 cm³/mol. The van der Waals surface area contributed by atoms with Gasteiger partial charge in [0.1, 0.15) is 23.0 Å². The topological polar surface area (TPSA) is 36.9 Å². The highest BCUT2D eigenvalue weighted by atomic mass is 16.5. The van der Waals surface area contributed by atoms with Crippen LogP contribution in [-0.4, -0.2) is 28.4 Å². The predicted octanol–water partition coefficient (Wildman–Crippen LogP) is 5.78. The summed E-state index contributed by atoms with van der Waals surface area (Å²) in [4.78, 5) is 0. The standard InChI is InChI=1S/C25H27O4/c1-15-12-18(8-10-21(15)26-4)20-14-17(3)24(28-6)23(25(20)29-7)19-9-11-22(27-5)16(2)13-19/h8-13H,1-7H3. The highest BCUT2D eigenvalue weighted by molar-refractivity contribution is 5.88. The van der Waals surface area contributed by atoms with E-state index < -0.39 is 0 Å². The number of ether oxygens (including phenoxy) is 4. The average Bonchev–Trinajstić information content (AvgIpc) is 2.72. The van der Waals surface area contributed by atoms with Gasteiger partial charge in [-0.05, 0) is 67.3 Å². The van der Waals surface area contributed by atoms with Crippen molar-refractivity contribution in [2.45, 2.75) is 20.8 Å². The third kappa shape index (κ3) is 3.75. The van der Waals surface area contributed by atoms with Crippen LogP contribution in [0.1, 0.15) is 16.7 Å². The van der Waals surface area contributed by atoms with E-state index >= 15 is 0 Å². The summed E-state index contributed by atoms with van der Waals surface area (Å²) in [6.07, 6.45) is 0. The summed E-state index contributed by atoms with van der Waals surface area (Å²) in [5.41, 5.74) is 6.82. The van der Waals surface area contributed by atoms with Gasteiger partial charge in [0.25, 0.3) is 0 Å². The summed E-state index contributed by atoms with van der Waals surface area (Å²) < 4.78 is 22.5. The van der Waals surface area contributed by atoms with Gasteiger partial charge in [-0.15, -0.1) is 0 Å². The van der Waals surface area contributed by atoms with Crippen molar-refractivity contribution >= 4 is 0 Å². The van der Waals surface area contributed by atoms with Crippen molar-refractivity contribution in [3.8, 4) is 45.3 Å². The minimum Gasteiger partial charge on any atom is -0.496 e. The van der Waals surface area contributed by atoms with Crippen LogP contribution in [0, 0.1) is 26.8 Å². The van der Waals surface area contributed by atoms with Gasteiger partial charge in [-0.3, -0.25) is 0 Å². The van der Waals surface area contributed by atoms with E-state index in [0.717, 1.165) is 61.9 Å². The summed E-state index contributed by atoms with van der Waals surface area (Å²) >= 11 is 0. The molecule has 0 aliphatic heterocycles. The summed E-state index contributed by atoms with van der Waals surface area (Å²) in [5.74, 6) is 3.17. The Hall–Kier alpha value is -3.14. The van der Waals surface area contributed by atoms with Crippen LogP contribution in [0.5, 0.6) is 23.0 Å². The van der Waals surface area contributed by atoms with Gasteiger partial charge in [-0.25, -0.2) is 0 Å². The largest absolute Gasteiger partial charge is 0.496 e. The van der Waals surface area contributed by atoms with Crippen molar-refractivity contribution in [3.63, 3.8) is 0 Å². The normalized spacial score (nSPS) is 10.6. The van der Waals surface area contributed by atoms with Crippen LogP contribution in [-0.2, 0) is 0 Å². The van der Waals surface area contributed by atoms with Crippen molar-refractivity contribution in [2.24, 2.45) is 0 Å². The van der Waals surface area contributed by atoms with Crippen LogP contribution < -0.4 is 18.9 Å². The fraction of sp³-hybridized carbons (Fsp3) is 0.280. The number of aryl methyl sites for hydroxylation is 3. The molecule has 29 heavy (non-hydrogen) atoms. The zero-order valence-corrected chi connectivity index (χ0v) is 18.1. The molecule has 0 saturated carbocycles. The number of benzene rings is 3. The van der Waals surface area contributed by atoms with Crippen LogP contribution in [0.4, 0.5) is 0 Å². The second kappa shape index (κ2) is 8.48. The fourth-order valence-electron chi connectivity index (χ4n) is 3.71. The van der Waals surface area contributed by atoms with Gasteiger partial charge >= 0.3 is 0 Å². The lowest BCUT2D eigenvalue weighted by Crippen LogP contribution is -2.00. The molecule has 0 bridgehead atoms. The van der Waals surface area contributed by atoms with Crippen molar-refractivity contribution in [1.29, 1.82) is 0 Å². The molecule has 0 fully saturated rings. The minimum atomic E-state index is 0.724. The second-order valence-corrected chi connectivity index (χ2v) is 6.94. The maximum absolute atomic E-state index is 5.90. The maximum atomic E-state index is 5.90. The van der Waals surface area contributed by atoms with Crippen molar-refractivity contribution in [2.75, 3.05) is 28.4 Å². The molecule has 3 aromatic rings. The van der Waals surface area contributed by atoms with Gasteiger partial charge in [0.05, 0.1) is 34.0 Å². The van der Waals surface area contributed by atoms with E-state index in [1.165, 1.54) is 0 Å². The molecule has 3 aromatic carbocycles. The van der Waals surface area contributed by atoms with Crippen LogP contribution in [0.3, 0.4) is 0 Å². The third-order valence-corrected chi connectivity index (χ3v) is 5.11. The molecule has 0 heterocycles. The van der Waals surface area contributed by atoms with Gasteiger partial charge in [0.2, 0.25) is 0 Å². The summed E-state index contributed by atoms with van der Waals surface area (Å²) in [6, 6.07) is 15.6. The van der Waals surface area contributed by atoms with E-state index in [4.69, 9.17) is 18.9 Å². The molecule has 3 rings (SSSR count). The van der Waals surface area contributed by atoms with Crippen LogP contribution in [0.2, 0.25) is 0 Å². The third-order valence-electron chi connectivity index (χ3n) is 5.11. The van der Waals surface area contributed by atoms with E-state index in [1.807, 2.05) is 45.0 Å². The Bertz CT molecular complexity index is 1040. The quantitative estimate of drug-likeness (QED) is 0.534. The molecule has 0 aliphatic carbocycles. The van der Waals surface area contributed by atoms with Crippen molar-refractivity contribution in [3.05, 3.63) is 59.2 Å². The SMILES string of the molecule is COc1ccc(-c2[c]c(C)c(OC)c(-c3ccc(OC)c(C)c3)c2OC)cc1C. The van der Waals surface area contributed by atoms with Gasteiger partial charge in [-0.2, -0.15) is 0 Å². The Morgan fingerprint density at radius 2 is 1.14 bits per heavy atom. The van der Waals surface area contributed by atoms with Gasteiger partial charge in [0.15, 0.2) is 0 Å². The zero-order valence-electron chi connectivity index (χ0n) is 18.1. The van der Waals surface area contributed by atoms with E-state index in [2.05, 4.69) is 18.2 Å². The van der Waals surface area contributed by atoms with Crippen LogP contribution in [0.25, 0.3) is 22.3 Å². The second-order valence-electron chi connectivity index (χ2n) is 6.94. The highest BCUT2D eigenvalue weighted by Crippen LogP contribution is 2.47. The van der Waals surface area contributed by atoms with E-state index in [9.17, 15) is 0 Å². The van der Waals surface area contributed by atoms with Crippen molar-refractivity contribution in [1.82, 2.24) is 0 Å². The Morgan fingerprint density at radius 3 is 1.62 bits per heavy atom. The highest BCUT2D eigenvalue weighted by Gasteiger charge is 2.22.